The molecule has 0 aliphatic rings. The second kappa shape index (κ2) is 5.07. The molecule has 0 unspecified atom stereocenters. The Bertz CT molecular complexity index is 515. The van der Waals surface area contributed by atoms with Crippen LogP contribution in [0.5, 0.6) is 5.75 Å². The summed E-state index contributed by atoms with van der Waals surface area (Å²) in [6, 6.07) is 15.1. The van der Waals surface area contributed by atoms with Crippen LogP contribution >= 0.6 is 0 Å². The van der Waals surface area contributed by atoms with Gasteiger partial charge in [0, 0.05) is 5.56 Å². The summed E-state index contributed by atoms with van der Waals surface area (Å²) in [5, 5.41) is 0. The van der Waals surface area contributed by atoms with Gasteiger partial charge in [-0.25, -0.2) is 4.79 Å². The number of hydrogen-bond acceptors (Lipinski definition) is 3. The fourth-order valence-corrected chi connectivity index (χ4v) is 1.35. The third-order valence-electron chi connectivity index (χ3n) is 2.24. The maximum atomic E-state index is 11.7. The summed E-state index contributed by atoms with van der Waals surface area (Å²) in [6.07, 6.45) is 0.728. The Balaban J connectivity index is 2.12. The molecular weight excluding hydrogens is 216 g/mol. The molecule has 0 aliphatic carbocycles. The molecule has 0 saturated heterocycles. The van der Waals surface area contributed by atoms with Gasteiger partial charge in [-0.3, -0.25) is 4.79 Å². The number of para-hydroxylation sites is 1. The molecule has 2 aromatic rings. The van der Waals surface area contributed by atoms with Crippen molar-refractivity contribution in [2.45, 2.75) is 0 Å². The molecule has 3 nitrogen and oxygen atoms in total. The summed E-state index contributed by atoms with van der Waals surface area (Å²) in [7, 11) is 0. The molecule has 0 radical (unpaired) electrons. The van der Waals surface area contributed by atoms with Crippen LogP contribution in [0.3, 0.4) is 0 Å². The first-order chi connectivity index (χ1) is 8.29. The van der Waals surface area contributed by atoms with Crippen molar-refractivity contribution in [1.29, 1.82) is 0 Å². The van der Waals surface area contributed by atoms with E-state index < -0.39 is 5.97 Å². The van der Waals surface area contributed by atoms with Gasteiger partial charge in [0.25, 0.3) is 0 Å². The largest absolute Gasteiger partial charge is 0.423 e. The second-order valence-electron chi connectivity index (χ2n) is 3.44. The zero-order chi connectivity index (χ0) is 12.1. The van der Waals surface area contributed by atoms with Crippen LogP contribution in [0.1, 0.15) is 20.7 Å². The van der Waals surface area contributed by atoms with Gasteiger partial charge in [0.15, 0.2) is 0 Å². The van der Waals surface area contributed by atoms with E-state index in [1.807, 2.05) is 6.07 Å². The molecular formula is C14H10O3. The van der Waals surface area contributed by atoms with E-state index in [0.717, 1.165) is 6.29 Å². The van der Waals surface area contributed by atoms with Gasteiger partial charge in [0.05, 0.1) is 5.56 Å². The van der Waals surface area contributed by atoms with Crippen molar-refractivity contribution < 1.29 is 14.3 Å². The van der Waals surface area contributed by atoms with Gasteiger partial charge in [-0.05, 0) is 24.3 Å². The Morgan fingerprint density at radius 1 is 0.941 bits per heavy atom. The number of hydrogen-bond donors (Lipinski definition) is 0. The molecule has 0 amide bonds. The van der Waals surface area contributed by atoms with Crippen molar-refractivity contribution in [3.8, 4) is 5.75 Å². The van der Waals surface area contributed by atoms with Crippen LogP contribution in [0.2, 0.25) is 0 Å². The molecule has 0 fully saturated rings. The fourth-order valence-electron chi connectivity index (χ4n) is 1.35. The number of carbonyl (C=O) groups excluding carboxylic acids is 2. The van der Waals surface area contributed by atoms with Crippen LogP contribution in [-0.4, -0.2) is 12.3 Å². The SMILES string of the molecule is O=Cc1ccc(C(=O)Oc2ccccc2)cc1. The number of aldehydes is 1. The molecule has 3 heteroatoms. The maximum Gasteiger partial charge on any atom is 0.343 e. The lowest BCUT2D eigenvalue weighted by atomic mass is 10.1. The number of rotatable bonds is 3. The van der Waals surface area contributed by atoms with Crippen LogP contribution in [0.15, 0.2) is 54.6 Å². The zero-order valence-corrected chi connectivity index (χ0v) is 9.00. The first-order valence-corrected chi connectivity index (χ1v) is 5.12. The Labute approximate surface area is 98.7 Å². The molecule has 84 valence electrons. The molecule has 0 atom stereocenters. The molecule has 0 spiro atoms. The molecule has 2 aromatic carbocycles. The average Bonchev–Trinajstić information content (AvgIpc) is 2.40. The summed E-state index contributed by atoms with van der Waals surface area (Å²) >= 11 is 0. The molecule has 17 heavy (non-hydrogen) atoms. The van der Waals surface area contributed by atoms with Gasteiger partial charge < -0.3 is 4.74 Å². The third kappa shape index (κ3) is 2.78. The van der Waals surface area contributed by atoms with Gasteiger partial charge in [-0.1, -0.05) is 30.3 Å². The lowest BCUT2D eigenvalue weighted by Crippen LogP contribution is -2.08. The predicted molar refractivity (Wildman–Crippen MR) is 63.2 cm³/mol. The topological polar surface area (TPSA) is 43.4 Å². The molecule has 0 bridgehead atoms. The van der Waals surface area contributed by atoms with E-state index in [4.69, 9.17) is 4.74 Å². The second-order valence-corrected chi connectivity index (χ2v) is 3.44. The summed E-state index contributed by atoms with van der Waals surface area (Å²) in [5.41, 5.74) is 0.945. The predicted octanol–water partition coefficient (Wildman–Crippen LogP) is 2.72. The molecule has 0 N–H and O–H groups in total. The van der Waals surface area contributed by atoms with Crippen LogP contribution in [-0.2, 0) is 0 Å². The highest BCUT2D eigenvalue weighted by Gasteiger charge is 2.07. The van der Waals surface area contributed by atoms with E-state index in [1.54, 1.807) is 48.5 Å². The molecule has 0 aliphatic heterocycles. The molecule has 0 saturated carbocycles. The first-order valence-electron chi connectivity index (χ1n) is 5.12. The van der Waals surface area contributed by atoms with E-state index >= 15 is 0 Å². The number of ether oxygens (including phenoxy) is 1. The van der Waals surface area contributed by atoms with Gasteiger partial charge in [0.2, 0.25) is 0 Å². The van der Waals surface area contributed by atoms with Crippen molar-refractivity contribution >= 4 is 12.3 Å². The lowest BCUT2D eigenvalue weighted by Gasteiger charge is -2.03. The van der Waals surface area contributed by atoms with E-state index in [2.05, 4.69) is 0 Å². The number of carbonyl (C=O) groups is 2. The van der Waals surface area contributed by atoms with Gasteiger partial charge in [-0.15, -0.1) is 0 Å². The quantitative estimate of drug-likeness (QED) is 0.459. The highest BCUT2D eigenvalue weighted by atomic mass is 16.5. The highest BCUT2D eigenvalue weighted by Crippen LogP contribution is 2.12. The zero-order valence-electron chi connectivity index (χ0n) is 9.00. The Morgan fingerprint density at radius 3 is 2.18 bits per heavy atom. The monoisotopic (exact) mass is 226 g/mol. The smallest absolute Gasteiger partial charge is 0.343 e. The summed E-state index contributed by atoms with van der Waals surface area (Å²) in [4.78, 5) is 22.2. The van der Waals surface area contributed by atoms with Crippen molar-refractivity contribution in [1.82, 2.24) is 0 Å². The van der Waals surface area contributed by atoms with Crippen molar-refractivity contribution in [3.05, 3.63) is 65.7 Å². The fraction of sp³-hybridized carbons (Fsp3) is 0. The minimum Gasteiger partial charge on any atom is -0.423 e. The van der Waals surface area contributed by atoms with Crippen LogP contribution in [0, 0.1) is 0 Å². The standard InChI is InChI=1S/C14H10O3/c15-10-11-6-8-12(9-7-11)14(16)17-13-4-2-1-3-5-13/h1-10H. The Hall–Kier alpha value is -2.42. The normalized spacial score (nSPS) is 9.65. The molecule has 2 rings (SSSR count). The first kappa shape index (κ1) is 11.1. The van der Waals surface area contributed by atoms with Gasteiger partial charge >= 0.3 is 5.97 Å². The average molecular weight is 226 g/mol. The maximum absolute atomic E-state index is 11.7. The van der Waals surface area contributed by atoms with E-state index in [0.29, 0.717) is 16.9 Å². The summed E-state index contributed by atoms with van der Waals surface area (Å²) in [5.74, 6) is 0.0608. The third-order valence-corrected chi connectivity index (χ3v) is 2.24. The van der Waals surface area contributed by atoms with Crippen LogP contribution in [0.4, 0.5) is 0 Å². The van der Waals surface area contributed by atoms with Crippen molar-refractivity contribution in [3.63, 3.8) is 0 Å². The lowest BCUT2D eigenvalue weighted by molar-refractivity contribution is 0.0734. The van der Waals surface area contributed by atoms with Crippen LogP contribution < -0.4 is 4.74 Å². The Kier molecular flexibility index (Phi) is 3.31. The highest BCUT2D eigenvalue weighted by molar-refractivity contribution is 5.91. The van der Waals surface area contributed by atoms with Crippen molar-refractivity contribution in [2.75, 3.05) is 0 Å². The molecule has 0 aromatic heterocycles. The minimum absolute atomic E-state index is 0.416. The summed E-state index contributed by atoms with van der Waals surface area (Å²) < 4.78 is 5.15. The van der Waals surface area contributed by atoms with E-state index in [1.165, 1.54) is 0 Å². The summed E-state index contributed by atoms with van der Waals surface area (Å²) in [6.45, 7) is 0. The minimum atomic E-state index is -0.436. The van der Waals surface area contributed by atoms with Crippen LogP contribution in [0.25, 0.3) is 0 Å². The number of esters is 1. The van der Waals surface area contributed by atoms with E-state index in [-0.39, 0.29) is 0 Å². The van der Waals surface area contributed by atoms with Gasteiger partial charge in [0.1, 0.15) is 12.0 Å². The molecule has 0 heterocycles. The van der Waals surface area contributed by atoms with Gasteiger partial charge in [-0.2, -0.15) is 0 Å². The van der Waals surface area contributed by atoms with E-state index in [9.17, 15) is 9.59 Å². The van der Waals surface area contributed by atoms with Crippen molar-refractivity contribution in [2.24, 2.45) is 0 Å². The Morgan fingerprint density at radius 2 is 1.59 bits per heavy atom. The number of benzene rings is 2.